The van der Waals surface area contributed by atoms with Crippen molar-refractivity contribution in [2.75, 3.05) is 19.6 Å². The Labute approximate surface area is 124 Å². The maximum atomic E-state index is 12.7. The van der Waals surface area contributed by atoms with Crippen LogP contribution in [0, 0.1) is 0 Å². The van der Waals surface area contributed by atoms with Gasteiger partial charge in [0.25, 0.3) is 5.91 Å². The van der Waals surface area contributed by atoms with E-state index in [1.54, 1.807) is 6.20 Å². The molecule has 110 valence electrons. The summed E-state index contributed by atoms with van der Waals surface area (Å²) in [7, 11) is 0. The van der Waals surface area contributed by atoms with Crippen LogP contribution in [0.2, 0.25) is 0 Å². The Bertz CT molecular complexity index is 637. The van der Waals surface area contributed by atoms with Gasteiger partial charge in [0.05, 0.1) is 17.2 Å². The fraction of sp³-hybridized carbons (Fsp3) is 0.438. The molecule has 0 aliphatic carbocycles. The molecule has 2 heterocycles. The number of carbonyl (C=O) groups excluding carboxylic acids is 1. The van der Waals surface area contributed by atoms with Gasteiger partial charge in [0.1, 0.15) is 5.69 Å². The molecule has 0 atom stereocenters. The van der Waals surface area contributed by atoms with Crippen molar-refractivity contribution in [3.63, 3.8) is 0 Å². The number of hydrogen-bond acceptors (Lipinski definition) is 4. The summed E-state index contributed by atoms with van der Waals surface area (Å²) in [5.41, 5.74) is 2.03. The highest BCUT2D eigenvalue weighted by atomic mass is 16.2. The summed E-state index contributed by atoms with van der Waals surface area (Å²) in [5.74, 6) is -0.0114. The van der Waals surface area contributed by atoms with E-state index in [0.29, 0.717) is 18.3 Å². The van der Waals surface area contributed by atoms with E-state index in [2.05, 4.69) is 15.3 Å². The zero-order valence-electron chi connectivity index (χ0n) is 12.2. The minimum atomic E-state index is -0.0114. The van der Waals surface area contributed by atoms with Gasteiger partial charge in [-0.05, 0) is 45.0 Å². The summed E-state index contributed by atoms with van der Waals surface area (Å²) in [6.45, 7) is 4.67. The lowest BCUT2D eigenvalue weighted by molar-refractivity contribution is 0.0650. The molecule has 1 N–H and O–H groups in total. The van der Waals surface area contributed by atoms with Crippen molar-refractivity contribution < 1.29 is 4.79 Å². The summed E-state index contributed by atoms with van der Waals surface area (Å²) in [4.78, 5) is 23.5. The number of carbonyl (C=O) groups is 1. The molecule has 1 aliphatic heterocycles. The van der Waals surface area contributed by atoms with Crippen LogP contribution in [-0.4, -0.2) is 46.5 Å². The van der Waals surface area contributed by atoms with Crippen LogP contribution in [0.15, 0.2) is 30.5 Å². The Hall–Kier alpha value is -2.01. The molecule has 5 nitrogen and oxygen atoms in total. The first kappa shape index (κ1) is 13.9. The second-order valence-corrected chi connectivity index (χ2v) is 5.32. The average molecular weight is 284 g/mol. The molecule has 0 spiro atoms. The second-order valence-electron chi connectivity index (χ2n) is 5.32. The number of amides is 1. The Morgan fingerprint density at radius 3 is 2.71 bits per heavy atom. The topological polar surface area (TPSA) is 58.1 Å². The van der Waals surface area contributed by atoms with Gasteiger partial charge >= 0.3 is 0 Å². The van der Waals surface area contributed by atoms with Gasteiger partial charge < -0.3 is 10.2 Å². The second kappa shape index (κ2) is 6.18. The third-order valence-corrected chi connectivity index (χ3v) is 4.02. The lowest BCUT2D eigenvalue weighted by atomic mass is 10.0. The zero-order valence-corrected chi connectivity index (χ0v) is 12.2. The van der Waals surface area contributed by atoms with Crippen LogP contribution < -0.4 is 5.32 Å². The van der Waals surface area contributed by atoms with Crippen molar-refractivity contribution in [2.45, 2.75) is 25.8 Å². The number of nitrogens with one attached hydrogen (secondary N) is 1. The SMILES string of the molecule is CCN(C(=O)c1cnc2ccccc2n1)C1CCNCC1. The van der Waals surface area contributed by atoms with Crippen molar-refractivity contribution in [1.29, 1.82) is 0 Å². The highest BCUT2D eigenvalue weighted by molar-refractivity contribution is 5.94. The van der Waals surface area contributed by atoms with Gasteiger partial charge in [0, 0.05) is 12.6 Å². The third-order valence-electron chi connectivity index (χ3n) is 4.02. The van der Waals surface area contributed by atoms with Crippen LogP contribution >= 0.6 is 0 Å². The van der Waals surface area contributed by atoms with E-state index < -0.39 is 0 Å². The van der Waals surface area contributed by atoms with Crippen LogP contribution in [0.5, 0.6) is 0 Å². The first-order valence-corrected chi connectivity index (χ1v) is 7.53. The third kappa shape index (κ3) is 2.88. The Balaban J connectivity index is 1.86. The lowest BCUT2D eigenvalue weighted by Crippen LogP contribution is -2.46. The molecule has 0 radical (unpaired) electrons. The predicted octanol–water partition coefficient (Wildman–Crippen LogP) is 1.84. The van der Waals surface area contributed by atoms with Crippen LogP contribution in [0.3, 0.4) is 0 Å². The smallest absolute Gasteiger partial charge is 0.274 e. The van der Waals surface area contributed by atoms with Gasteiger partial charge in [0.15, 0.2) is 0 Å². The number of rotatable bonds is 3. The molecule has 1 amide bonds. The summed E-state index contributed by atoms with van der Waals surface area (Å²) < 4.78 is 0. The number of benzene rings is 1. The summed E-state index contributed by atoms with van der Waals surface area (Å²) >= 11 is 0. The van der Waals surface area contributed by atoms with E-state index >= 15 is 0 Å². The Morgan fingerprint density at radius 1 is 1.29 bits per heavy atom. The van der Waals surface area contributed by atoms with E-state index in [-0.39, 0.29) is 5.91 Å². The number of nitrogens with zero attached hydrogens (tertiary/aromatic N) is 3. The number of aromatic nitrogens is 2. The fourth-order valence-electron chi connectivity index (χ4n) is 2.89. The lowest BCUT2D eigenvalue weighted by Gasteiger charge is -2.33. The number of para-hydroxylation sites is 2. The molecule has 1 aromatic heterocycles. The predicted molar refractivity (Wildman–Crippen MR) is 82.1 cm³/mol. The normalized spacial score (nSPS) is 16.0. The van der Waals surface area contributed by atoms with Crippen LogP contribution in [-0.2, 0) is 0 Å². The standard InChI is InChI=1S/C16H20N4O/c1-2-20(12-7-9-17-10-8-12)16(21)15-11-18-13-5-3-4-6-14(13)19-15/h3-6,11-12,17H,2,7-10H2,1H3. The molecule has 1 fully saturated rings. The summed E-state index contributed by atoms with van der Waals surface area (Å²) in [5, 5.41) is 3.33. The van der Waals surface area contributed by atoms with Gasteiger partial charge in [0.2, 0.25) is 0 Å². The molecular formula is C16H20N4O. The monoisotopic (exact) mass is 284 g/mol. The summed E-state index contributed by atoms with van der Waals surface area (Å²) in [6.07, 6.45) is 3.59. The van der Waals surface area contributed by atoms with E-state index in [9.17, 15) is 4.79 Å². The van der Waals surface area contributed by atoms with Gasteiger partial charge in [-0.2, -0.15) is 0 Å². The van der Waals surface area contributed by atoms with Gasteiger partial charge in [-0.25, -0.2) is 4.98 Å². The van der Waals surface area contributed by atoms with Gasteiger partial charge in [-0.1, -0.05) is 12.1 Å². The van der Waals surface area contributed by atoms with Crippen molar-refractivity contribution in [3.8, 4) is 0 Å². The molecule has 1 aliphatic rings. The van der Waals surface area contributed by atoms with E-state index in [0.717, 1.165) is 37.0 Å². The van der Waals surface area contributed by atoms with Crippen molar-refractivity contribution in [2.24, 2.45) is 0 Å². The number of fused-ring (bicyclic) bond motifs is 1. The van der Waals surface area contributed by atoms with Gasteiger partial charge in [-0.3, -0.25) is 9.78 Å². The maximum Gasteiger partial charge on any atom is 0.274 e. The molecule has 1 aromatic carbocycles. The average Bonchev–Trinajstić information content (AvgIpc) is 2.56. The quantitative estimate of drug-likeness (QED) is 0.934. The molecule has 3 rings (SSSR count). The highest BCUT2D eigenvalue weighted by Crippen LogP contribution is 2.16. The van der Waals surface area contributed by atoms with Crippen molar-refractivity contribution in [3.05, 3.63) is 36.2 Å². The fourth-order valence-corrected chi connectivity index (χ4v) is 2.89. The van der Waals surface area contributed by atoms with Crippen molar-refractivity contribution >= 4 is 16.9 Å². The summed E-state index contributed by atoms with van der Waals surface area (Å²) in [6, 6.07) is 7.93. The van der Waals surface area contributed by atoms with Crippen LogP contribution in [0.4, 0.5) is 0 Å². The van der Waals surface area contributed by atoms with E-state index in [1.165, 1.54) is 0 Å². The molecule has 0 bridgehead atoms. The molecule has 0 unspecified atom stereocenters. The number of piperidine rings is 1. The minimum absolute atomic E-state index is 0.0114. The molecule has 5 heteroatoms. The number of hydrogen-bond donors (Lipinski definition) is 1. The van der Waals surface area contributed by atoms with E-state index in [4.69, 9.17) is 0 Å². The first-order valence-electron chi connectivity index (χ1n) is 7.53. The molecule has 2 aromatic rings. The molecular weight excluding hydrogens is 264 g/mol. The highest BCUT2D eigenvalue weighted by Gasteiger charge is 2.25. The van der Waals surface area contributed by atoms with Crippen LogP contribution in [0.25, 0.3) is 11.0 Å². The molecule has 0 saturated carbocycles. The van der Waals surface area contributed by atoms with Crippen LogP contribution in [0.1, 0.15) is 30.3 Å². The maximum absolute atomic E-state index is 12.7. The van der Waals surface area contributed by atoms with Crippen molar-refractivity contribution in [1.82, 2.24) is 20.2 Å². The Kier molecular flexibility index (Phi) is 4.10. The Morgan fingerprint density at radius 2 is 2.00 bits per heavy atom. The molecule has 1 saturated heterocycles. The minimum Gasteiger partial charge on any atom is -0.334 e. The van der Waals surface area contributed by atoms with Gasteiger partial charge in [-0.15, -0.1) is 0 Å². The molecule has 21 heavy (non-hydrogen) atoms. The largest absolute Gasteiger partial charge is 0.334 e. The first-order chi connectivity index (χ1) is 10.3. The van der Waals surface area contributed by atoms with E-state index in [1.807, 2.05) is 36.1 Å². The zero-order chi connectivity index (χ0) is 14.7.